The molecule has 0 aromatic heterocycles. The second-order valence-corrected chi connectivity index (χ2v) is 7.73. The molecule has 0 bridgehead atoms. The fraction of sp³-hybridized carbons (Fsp3) is 0.304. The first-order chi connectivity index (χ1) is 15.9. The maximum atomic E-state index is 12.7. The van der Waals surface area contributed by atoms with Crippen molar-refractivity contribution in [2.24, 2.45) is 0 Å². The van der Waals surface area contributed by atoms with E-state index in [9.17, 15) is 19.5 Å². The van der Waals surface area contributed by atoms with Crippen molar-refractivity contribution >= 4 is 23.5 Å². The van der Waals surface area contributed by atoms with Crippen LogP contribution in [0.2, 0.25) is 0 Å². The number of nitriles is 1. The van der Waals surface area contributed by atoms with Gasteiger partial charge < -0.3 is 29.7 Å². The van der Waals surface area contributed by atoms with Crippen LogP contribution in [0.3, 0.4) is 0 Å². The predicted molar refractivity (Wildman–Crippen MR) is 116 cm³/mol. The Kier molecular flexibility index (Phi) is 6.31. The third-order valence-electron chi connectivity index (χ3n) is 5.53. The molecule has 0 spiro atoms. The Bertz CT molecular complexity index is 1110. The van der Waals surface area contributed by atoms with Crippen LogP contribution in [0.25, 0.3) is 0 Å². The number of piperazine rings is 1. The lowest BCUT2D eigenvalue weighted by Crippen LogP contribution is -2.53. The molecule has 0 aliphatic carbocycles. The number of carboxylic acids is 1. The Morgan fingerprint density at radius 2 is 1.88 bits per heavy atom. The first kappa shape index (κ1) is 22.0. The summed E-state index contributed by atoms with van der Waals surface area (Å²) in [5, 5.41) is 20.9. The largest absolute Gasteiger partial charge is 0.481 e. The number of benzene rings is 2. The number of carbonyl (C=O) groups excluding carboxylic acids is 2. The van der Waals surface area contributed by atoms with Crippen molar-refractivity contribution in [3.05, 3.63) is 53.6 Å². The molecule has 10 heteroatoms. The molecule has 2 aliphatic rings. The zero-order valence-corrected chi connectivity index (χ0v) is 17.7. The van der Waals surface area contributed by atoms with Gasteiger partial charge in [-0.2, -0.15) is 5.26 Å². The lowest BCUT2D eigenvalue weighted by atomic mass is 10.0. The molecule has 2 aromatic carbocycles. The number of carboxylic acid groups (broad SMARTS) is 1. The van der Waals surface area contributed by atoms with Crippen molar-refractivity contribution < 1.29 is 29.0 Å². The third-order valence-corrected chi connectivity index (χ3v) is 5.53. The first-order valence-corrected chi connectivity index (χ1v) is 10.4. The summed E-state index contributed by atoms with van der Waals surface area (Å²) in [4.78, 5) is 40.0. The highest BCUT2D eigenvalue weighted by atomic mass is 16.7. The molecular weight excluding hydrogens is 428 g/mol. The van der Waals surface area contributed by atoms with E-state index in [2.05, 4.69) is 11.4 Å². The Labute approximate surface area is 189 Å². The van der Waals surface area contributed by atoms with Gasteiger partial charge in [-0.25, -0.2) is 0 Å². The molecule has 1 unspecified atom stereocenters. The first-order valence-electron chi connectivity index (χ1n) is 10.4. The number of anilines is 1. The summed E-state index contributed by atoms with van der Waals surface area (Å²) in [5.74, 6) is -0.668. The van der Waals surface area contributed by atoms with Crippen molar-refractivity contribution in [2.45, 2.75) is 12.5 Å². The molecular formula is C23H22N4O6. The van der Waals surface area contributed by atoms with E-state index in [1.165, 1.54) is 4.90 Å². The van der Waals surface area contributed by atoms with Crippen molar-refractivity contribution in [2.75, 3.05) is 37.9 Å². The number of fused-ring (bicyclic) bond motifs is 1. The summed E-state index contributed by atoms with van der Waals surface area (Å²) >= 11 is 0. The van der Waals surface area contributed by atoms with Gasteiger partial charge >= 0.3 is 5.97 Å². The smallest absolute Gasteiger partial charge is 0.305 e. The molecule has 2 aromatic rings. The molecule has 2 amide bonds. The normalized spacial score (nSPS) is 15.7. The SMILES string of the molecule is N#Cc1ccc(N2CCN(CC(=O)NC(CC(=O)O)c3ccc4c(c3)OCO4)C(=O)C2)cc1. The Morgan fingerprint density at radius 3 is 2.58 bits per heavy atom. The van der Waals surface area contributed by atoms with E-state index in [1.807, 2.05) is 4.90 Å². The van der Waals surface area contributed by atoms with E-state index in [4.69, 9.17) is 14.7 Å². The van der Waals surface area contributed by atoms with E-state index in [0.29, 0.717) is 35.7 Å². The van der Waals surface area contributed by atoms with E-state index in [-0.39, 0.29) is 32.2 Å². The molecule has 33 heavy (non-hydrogen) atoms. The third kappa shape index (κ3) is 5.15. The minimum Gasteiger partial charge on any atom is -0.481 e. The van der Waals surface area contributed by atoms with E-state index < -0.39 is 17.9 Å². The van der Waals surface area contributed by atoms with Gasteiger partial charge in [0.15, 0.2) is 11.5 Å². The van der Waals surface area contributed by atoms with Gasteiger partial charge in [-0.15, -0.1) is 0 Å². The van der Waals surface area contributed by atoms with Gasteiger partial charge in [-0.3, -0.25) is 14.4 Å². The molecule has 1 atom stereocenters. The second-order valence-electron chi connectivity index (χ2n) is 7.73. The van der Waals surface area contributed by atoms with Gasteiger partial charge in [0.05, 0.1) is 37.2 Å². The molecule has 4 rings (SSSR count). The number of nitrogens with one attached hydrogen (secondary N) is 1. The minimum atomic E-state index is -1.06. The second kappa shape index (κ2) is 9.48. The number of amides is 2. The Balaban J connectivity index is 1.37. The van der Waals surface area contributed by atoms with E-state index in [1.54, 1.807) is 42.5 Å². The monoisotopic (exact) mass is 450 g/mol. The summed E-state index contributed by atoms with van der Waals surface area (Å²) in [5.41, 5.74) is 1.95. The van der Waals surface area contributed by atoms with Crippen LogP contribution in [0.1, 0.15) is 23.6 Å². The van der Waals surface area contributed by atoms with Crippen LogP contribution in [-0.4, -0.2) is 60.8 Å². The summed E-state index contributed by atoms with van der Waals surface area (Å²) < 4.78 is 10.6. The summed E-state index contributed by atoms with van der Waals surface area (Å²) in [6.45, 7) is 0.914. The van der Waals surface area contributed by atoms with Gasteiger partial charge in [-0.05, 0) is 42.0 Å². The van der Waals surface area contributed by atoms with Gasteiger partial charge in [-0.1, -0.05) is 6.07 Å². The zero-order valence-electron chi connectivity index (χ0n) is 17.7. The Morgan fingerprint density at radius 1 is 1.12 bits per heavy atom. The molecule has 0 radical (unpaired) electrons. The number of aliphatic carboxylic acids is 1. The summed E-state index contributed by atoms with van der Waals surface area (Å²) in [6, 6.07) is 13.2. The molecule has 10 nitrogen and oxygen atoms in total. The van der Waals surface area contributed by atoms with E-state index >= 15 is 0 Å². The van der Waals surface area contributed by atoms with Crippen LogP contribution in [-0.2, 0) is 14.4 Å². The highest BCUT2D eigenvalue weighted by Crippen LogP contribution is 2.34. The summed E-state index contributed by atoms with van der Waals surface area (Å²) in [6.07, 6.45) is -0.314. The molecule has 2 N–H and O–H groups in total. The number of ether oxygens (including phenoxy) is 2. The van der Waals surface area contributed by atoms with Crippen molar-refractivity contribution in [3.63, 3.8) is 0 Å². The lowest BCUT2D eigenvalue weighted by Gasteiger charge is -2.35. The maximum Gasteiger partial charge on any atom is 0.305 e. The maximum absolute atomic E-state index is 12.7. The highest BCUT2D eigenvalue weighted by molar-refractivity contribution is 5.88. The topological polar surface area (TPSA) is 132 Å². The van der Waals surface area contributed by atoms with E-state index in [0.717, 1.165) is 5.69 Å². The van der Waals surface area contributed by atoms with Crippen LogP contribution < -0.4 is 19.7 Å². The molecule has 1 saturated heterocycles. The molecule has 1 fully saturated rings. The minimum absolute atomic E-state index is 0.0886. The molecule has 170 valence electrons. The fourth-order valence-corrected chi connectivity index (χ4v) is 3.81. The number of rotatable bonds is 7. The van der Waals surface area contributed by atoms with Crippen LogP contribution in [0.4, 0.5) is 5.69 Å². The predicted octanol–water partition coefficient (Wildman–Crippen LogP) is 1.27. The van der Waals surface area contributed by atoms with Crippen LogP contribution >= 0.6 is 0 Å². The average Bonchev–Trinajstić information content (AvgIpc) is 3.28. The number of carbonyl (C=O) groups is 3. The summed E-state index contributed by atoms with van der Waals surface area (Å²) in [7, 11) is 0. The number of nitrogens with zero attached hydrogens (tertiary/aromatic N) is 3. The average molecular weight is 450 g/mol. The van der Waals surface area contributed by atoms with Crippen LogP contribution in [0.5, 0.6) is 11.5 Å². The van der Waals surface area contributed by atoms with Crippen molar-refractivity contribution in [1.82, 2.24) is 10.2 Å². The molecule has 0 saturated carbocycles. The Hall–Kier alpha value is -4.26. The fourth-order valence-electron chi connectivity index (χ4n) is 3.81. The van der Waals surface area contributed by atoms with Gasteiger partial charge in [0.1, 0.15) is 0 Å². The van der Waals surface area contributed by atoms with Gasteiger partial charge in [0, 0.05) is 18.8 Å². The van der Waals surface area contributed by atoms with Crippen molar-refractivity contribution in [1.29, 1.82) is 5.26 Å². The van der Waals surface area contributed by atoms with Gasteiger partial charge in [0.2, 0.25) is 18.6 Å². The standard InChI is InChI=1S/C23H22N4O6/c24-11-15-1-4-17(5-2-15)26-7-8-27(22(29)13-26)12-21(28)25-18(10-23(30)31)16-3-6-19-20(9-16)33-14-32-19/h1-6,9,18H,7-8,10,12-14H2,(H,25,28)(H,30,31). The highest BCUT2D eigenvalue weighted by Gasteiger charge is 2.27. The lowest BCUT2D eigenvalue weighted by molar-refractivity contribution is -0.139. The van der Waals surface area contributed by atoms with Crippen LogP contribution in [0, 0.1) is 11.3 Å². The number of hydrogen-bond donors (Lipinski definition) is 2. The quantitative estimate of drug-likeness (QED) is 0.645. The molecule has 2 heterocycles. The van der Waals surface area contributed by atoms with Crippen molar-refractivity contribution in [3.8, 4) is 17.6 Å². The van der Waals surface area contributed by atoms with Gasteiger partial charge in [0.25, 0.3) is 0 Å². The molecule has 2 aliphatic heterocycles. The van der Waals surface area contributed by atoms with Crippen LogP contribution in [0.15, 0.2) is 42.5 Å². The zero-order chi connectivity index (χ0) is 23.4. The number of hydrogen-bond acceptors (Lipinski definition) is 7.